The van der Waals surface area contributed by atoms with E-state index in [9.17, 15) is 24.8 Å². The number of Topliss-reactive ketones (excluding diaryl/α,β-unsaturated/α-hetero) is 1. The number of aromatic nitrogens is 1. The quantitative estimate of drug-likeness (QED) is 0.189. The number of aromatic hydroxyl groups is 1. The molecule has 1 aromatic heterocycles. The van der Waals surface area contributed by atoms with Crippen LogP contribution in [0, 0.1) is 18.3 Å². The normalized spacial score (nSPS) is 14.4. The highest BCUT2D eigenvalue weighted by Crippen LogP contribution is 2.33. The van der Waals surface area contributed by atoms with Crippen LogP contribution in [0.3, 0.4) is 0 Å². The molecule has 2 heterocycles. The third-order valence-corrected chi connectivity index (χ3v) is 7.28. The van der Waals surface area contributed by atoms with Gasteiger partial charge in [-0.15, -0.1) is 0 Å². The average molecular weight is 556 g/mol. The highest BCUT2D eigenvalue weighted by Gasteiger charge is 2.33. The van der Waals surface area contributed by atoms with Crippen LogP contribution in [0.4, 0.5) is 0 Å². The number of ketones is 1. The van der Waals surface area contributed by atoms with Gasteiger partial charge in [-0.05, 0) is 56.5 Å². The molecular weight excluding hydrogens is 526 g/mol. The molecule has 0 saturated carbocycles. The lowest BCUT2D eigenvalue weighted by atomic mass is 9.99. The van der Waals surface area contributed by atoms with Crippen LogP contribution in [-0.4, -0.2) is 56.9 Å². The standard InChI is InChI=1S/C27H29N3O6S2/c1-16(2)36-13-5-11-29-24(32)20(15-28)17(3)23(26(29)34)21(31)10-12-30-25(33)22(38-27(30)37)14-18-6-8-19(35-4)9-7-18/h6-9,14,16,34H,5,10-13H2,1-4H3/b22-14-. The molecule has 0 bridgehead atoms. The Balaban J connectivity index is 1.78. The summed E-state index contributed by atoms with van der Waals surface area (Å²) in [4.78, 5) is 40.7. The van der Waals surface area contributed by atoms with E-state index < -0.39 is 17.2 Å². The summed E-state index contributed by atoms with van der Waals surface area (Å²) in [6, 6.07) is 9.05. The van der Waals surface area contributed by atoms with Crippen LogP contribution >= 0.6 is 24.0 Å². The second-order valence-electron chi connectivity index (χ2n) is 8.82. The number of nitriles is 1. The molecule has 1 amide bonds. The molecule has 9 nitrogen and oxygen atoms in total. The van der Waals surface area contributed by atoms with Gasteiger partial charge in [0.1, 0.15) is 21.7 Å². The fourth-order valence-electron chi connectivity index (χ4n) is 3.92. The second-order valence-corrected chi connectivity index (χ2v) is 10.5. The van der Waals surface area contributed by atoms with Gasteiger partial charge >= 0.3 is 0 Å². The number of methoxy groups -OCH3 is 1. The third kappa shape index (κ3) is 6.51. The van der Waals surface area contributed by atoms with Crippen molar-refractivity contribution < 1.29 is 24.2 Å². The summed E-state index contributed by atoms with van der Waals surface area (Å²) in [7, 11) is 1.57. The molecule has 1 aliphatic heterocycles. The number of ether oxygens (including phenoxy) is 2. The zero-order valence-corrected chi connectivity index (χ0v) is 23.3. The van der Waals surface area contributed by atoms with Gasteiger partial charge in [-0.2, -0.15) is 5.26 Å². The lowest BCUT2D eigenvalue weighted by molar-refractivity contribution is -0.122. The van der Waals surface area contributed by atoms with Crippen molar-refractivity contribution in [2.24, 2.45) is 0 Å². The van der Waals surface area contributed by atoms with Crippen LogP contribution in [-0.2, 0) is 16.1 Å². The van der Waals surface area contributed by atoms with Gasteiger partial charge in [0.15, 0.2) is 5.78 Å². The molecule has 1 aromatic carbocycles. The van der Waals surface area contributed by atoms with Gasteiger partial charge in [0.05, 0.1) is 23.7 Å². The first-order valence-corrected chi connectivity index (χ1v) is 13.2. The summed E-state index contributed by atoms with van der Waals surface area (Å²) < 4.78 is 12.0. The first-order valence-electron chi connectivity index (χ1n) is 12.0. The summed E-state index contributed by atoms with van der Waals surface area (Å²) in [5.41, 5.74) is -0.0641. The van der Waals surface area contributed by atoms with Gasteiger partial charge in [-0.3, -0.25) is 23.9 Å². The average Bonchev–Trinajstić information content (AvgIpc) is 3.14. The van der Waals surface area contributed by atoms with Crippen molar-refractivity contribution in [3.05, 3.63) is 61.8 Å². The molecule has 3 rings (SSSR count). The van der Waals surface area contributed by atoms with Crippen LogP contribution in [0.2, 0.25) is 0 Å². The van der Waals surface area contributed by atoms with Crippen molar-refractivity contribution >= 4 is 46.1 Å². The van der Waals surface area contributed by atoms with E-state index in [0.29, 0.717) is 28.0 Å². The molecule has 1 N–H and O–H groups in total. The largest absolute Gasteiger partial charge is 0.497 e. The number of nitrogens with zero attached hydrogens (tertiary/aromatic N) is 3. The number of thiocarbonyl (C=S) groups is 1. The van der Waals surface area contributed by atoms with Gasteiger partial charge < -0.3 is 14.6 Å². The monoisotopic (exact) mass is 555 g/mol. The zero-order chi connectivity index (χ0) is 28.0. The topological polar surface area (TPSA) is 122 Å². The maximum absolute atomic E-state index is 13.2. The SMILES string of the molecule is COc1ccc(/C=C2\SC(=S)N(CCC(=O)c3c(C)c(C#N)c(=O)n(CCCOC(C)C)c3O)C2=O)cc1. The van der Waals surface area contributed by atoms with E-state index in [1.54, 1.807) is 25.3 Å². The number of carbonyl (C=O) groups excluding carboxylic acids is 2. The van der Waals surface area contributed by atoms with E-state index >= 15 is 0 Å². The minimum Gasteiger partial charge on any atom is -0.497 e. The Morgan fingerprint density at radius 3 is 2.53 bits per heavy atom. The van der Waals surface area contributed by atoms with Crippen LogP contribution in [0.15, 0.2) is 34.0 Å². The molecule has 38 heavy (non-hydrogen) atoms. The minimum atomic E-state index is -0.663. The Morgan fingerprint density at radius 2 is 1.92 bits per heavy atom. The molecule has 0 aliphatic carbocycles. The Morgan fingerprint density at radius 1 is 1.24 bits per heavy atom. The first kappa shape index (κ1) is 29.1. The maximum atomic E-state index is 13.2. The summed E-state index contributed by atoms with van der Waals surface area (Å²) >= 11 is 6.51. The van der Waals surface area contributed by atoms with Crippen molar-refractivity contribution in [1.29, 1.82) is 5.26 Å². The molecule has 0 spiro atoms. The number of hydrogen-bond acceptors (Lipinski definition) is 9. The Kier molecular flexibility index (Phi) is 9.85. The molecule has 11 heteroatoms. The summed E-state index contributed by atoms with van der Waals surface area (Å²) in [6.45, 7) is 5.64. The smallest absolute Gasteiger partial charge is 0.271 e. The second kappa shape index (κ2) is 12.9. The van der Waals surface area contributed by atoms with E-state index in [-0.39, 0.29) is 48.2 Å². The van der Waals surface area contributed by atoms with Crippen LogP contribution < -0.4 is 10.3 Å². The fraction of sp³-hybridized carbons (Fsp3) is 0.370. The van der Waals surface area contributed by atoms with Gasteiger partial charge in [-0.1, -0.05) is 36.1 Å². The molecule has 0 radical (unpaired) electrons. The number of carbonyl (C=O) groups is 2. The Bertz CT molecular complexity index is 1370. The van der Waals surface area contributed by atoms with Gasteiger partial charge in [0, 0.05) is 26.1 Å². The summed E-state index contributed by atoms with van der Waals surface area (Å²) in [5, 5.41) is 20.4. The van der Waals surface area contributed by atoms with Gasteiger partial charge in [-0.25, -0.2) is 0 Å². The highest BCUT2D eigenvalue weighted by molar-refractivity contribution is 8.26. The number of benzene rings is 1. The third-order valence-electron chi connectivity index (χ3n) is 5.91. The molecule has 1 aliphatic rings. The van der Waals surface area contributed by atoms with Crippen molar-refractivity contribution in [3.63, 3.8) is 0 Å². The van der Waals surface area contributed by atoms with E-state index in [2.05, 4.69) is 0 Å². The van der Waals surface area contributed by atoms with Crippen molar-refractivity contribution in [3.8, 4) is 17.7 Å². The lowest BCUT2D eigenvalue weighted by Gasteiger charge is -2.17. The highest BCUT2D eigenvalue weighted by atomic mass is 32.2. The van der Waals surface area contributed by atoms with E-state index in [1.807, 2.05) is 32.0 Å². The molecule has 1 fully saturated rings. The first-order chi connectivity index (χ1) is 18.1. The van der Waals surface area contributed by atoms with E-state index in [4.69, 9.17) is 21.7 Å². The predicted octanol–water partition coefficient (Wildman–Crippen LogP) is 4.03. The van der Waals surface area contributed by atoms with Gasteiger partial charge in [0.25, 0.3) is 11.5 Å². The summed E-state index contributed by atoms with van der Waals surface area (Å²) in [5.74, 6) is -0.623. The number of hydrogen-bond donors (Lipinski definition) is 1. The van der Waals surface area contributed by atoms with Crippen LogP contribution in [0.25, 0.3) is 6.08 Å². The van der Waals surface area contributed by atoms with E-state index in [1.165, 1.54) is 11.8 Å². The Labute approximate surface area is 230 Å². The van der Waals surface area contributed by atoms with Crippen LogP contribution in [0.5, 0.6) is 11.6 Å². The van der Waals surface area contributed by atoms with Crippen molar-refractivity contribution in [1.82, 2.24) is 9.47 Å². The van der Waals surface area contributed by atoms with Crippen LogP contribution in [0.1, 0.15) is 53.7 Å². The molecule has 200 valence electrons. The molecule has 0 unspecified atom stereocenters. The van der Waals surface area contributed by atoms with Crippen molar-refractivity contribution in [2.45, 2.75) is 46.3 Å². The summed E-state index contributed by atoms with van der Waals surface area (Å²) in [6.07, 6.45) is 1.98. The molecule has 2 aromatic rings. The number of pyridine rings is 1. The Hall–Kier alpha value is -3.46. The predicted molar refractivity (Wildman–Crippen MR) is 149 cm³/mol. The lowest BCUT2D eigenvalue weighted by Crippen LogP contribution is -2.31. The van der Waals surface area contributed by atoms with Crippen molar-refractivity contribution in [2.75, 3.05) is 20.3 Å². The number of thioether (sulfide) groups is 1. The maximum Gasteiger partial charge on any atom is 0.271 e. The molecule has 1 saturated heterocycles. The number of rotatable bonds is 11. The molecular formula is C27H29N3O6S2. The minimum absolute atomic E-state index is 0.00836. The van der Waals surface area contributed by atoms with E-state index in [0.717, 1.165) is 21.9 Å². The zero-order valence-electron chi connectivity index (χ0n) is 21.6. The molecule has 0 atom stereocenters. The fourth-order valence-corrected chi connectivity index (χ4v) is 5.23. The number of amides is 1. The van der Waals surface area contributed by atoms with Gasteiger partial charge in [0.2, 0.25) is 5.88 Å².